The number of hydrogen-bond acceptors (Lipinski definition) is 4. The van der Waals surface area contributed by atoms with Crippen molar-refractivity contribution in [2.24, 2.45) is 5.73 Å². The highest BCUT2D eigenvalue weighted by Crippen LogP contribution is 2.25. The number of rotatable bonds is 1. The Labute approximate surface area is 91.6 Å². The molecule has 0 bridgehead atoms. The molecule has 0 aliphatic carbocycles. The van der Waals surface area contributed by atoms with Crippen LogP contribution in [0, 0.1) is 10.1 Å². The van der Waals surface area contributed by atoms with Crippen molar-refractivity contribution in [3.05, 3.63) is 33.9 Å². The first-order chi connectivity index (χ1) is 7.58. The number of nitrogens with zero attached hydrogens (tertiary/aromatic N) is 1. The molecule has 0 fully saturated rings. The molecule has 16 heavy (non-hydrogen) atoms. The van der Waals surface area contributed by atoms with E-state index in [1.807, 2.05) is 0 Å². The van der Waals surface area contributed by atoms with Crippen molar-refractivity contribution in [3.63, 3.8) is 0 Å². The van der Waals surface area contributed by atoms with Crippen LogP contribution in [0.1, 0.15) is 12.0 Å². The summed E-state index contributed by atoms with van der Waals surface area (Å²) < 4.78 is 0. The number of benzene rings is 1. The second-order valence-electron chi connectivity index (χ2n) is 3.73. The Morgan fingerprint density at radius 2 is 2.25 bits per heavy atom. The van der Waals surface area contributed by atoms with Crippen LogP contribution < -0.4 is 11.1 Å². The van der Waals surface area contributed by atoms with Gasteiger partial charge in [0.05, 0.1) is 11.0 Å². The summed E-state index contributed by atoms with van der Waals surface area (Å²) in [7, 11) is 0. The molecule has 0 aromatic heterocycles. The van der Waals surface area contributed by atoms with Crippen LogP contribution in [-0.2, 0) is 11.2 Å². The van der Waals surface area contributed by atoms with E-state index in [2.05, 4.69) is 5.32 Å². The van der Waals surface area contributed by atoms with Crippen molar-refractivity contribution in [3.8, 4) is 0 Å². The summed E-state index contributed by atoms with van der Waals surface area (Å²) in [6.07, 6.45) is 1.07. The normalized spacial score (nSPS) is 19.6. The molecule has 1 aromatic rings. The predicted octanol–water partition coefficient (Wildman–Crippen LogP) is 0.807. The maximum absolute atomic E-state index is 11.4. The third-order valence-corrected chi connectivity index (χ3v) is 2.62. The van der Waals surface area contributed by atoms with Crippen LogP contribution in [-0.4, -0.2) is 16.9 Å². The van der Waals surface area contributed by atoms with E-state index in [4.69, 9.17) is 5.73 Å². The molecule has 84 valence electrons. The molecule has 6 heteroatoms. The molecule has 0 unspecified atom stereocenters. The van der Waals surface area contributed by atoms with Crippen molar-refractivity contribution in [2.75, 3.05) is 5.32 Å². The Morgan fingerprint density at radius 3 is 2.94 bits per heavy atom. The van der Waals surface area contributed by atoms with Crippen LogP contribution >= 0.6 is 0 Å². The van der Waals surface area contributed by atoms with Crippen molar-refractivity contribution in [1.82, 2.24) is 0 Å². The number of nitrogens with one attached hydrogen (secondary N) is 1. The van der Waals surface area contributed by atoms with Crippen molar-refractivity contribution >= 4 is 17.3 Å². The predicted molar refractivity (Wildman–Crippen MR) is 58.0 cm³/mol. The first-order valence-electron chi connectivity index (χ1n) is 4.91. The number of hydrogen-bond donors (Lipinski definition) is 2. The minimum atomic E-state index is -0.550. The highest BCUT2D eigenvalue weighted by atomic mass is 16.6. The number of amides is 1. The van der Waals surface area contributed by atoms with Crippen molar-refractivity contribution in [2.45, 2.75) is 18.9 Å². The molecule has 1 heterocycles. The van der Waals surface area contributed by atoms with Gasteiger partial charge in [0.25, 0.3) is 5.69 Å². The van der Waals surface area contributed by atoms with Crippen LogP contribution in [0.2, 0.25) is 0 Å². The van der Waals surface area contributed by atoms with E-state index in [9.17, 15) is 14.9 Å². The zero-order chi connectivity index (χ0) is 11.7. The van der Waals surface area contributed by atoms with Gasteiger partial charge in [0.2, 0.25) is 5.91 Å². The summed E-state index contributed by atoms with van der Waals surface area (Å²) >= 11 is 0. The molecule has 1 aliphatic heterocycles. The molecule has 1 aromatic carbocycles. The lowest BCUT2D eigenvalue weighted by atomic mass is 10.1. The number of carbonyl (C=O) groups is 1. The highest BCUT2D eigenvalue weighted by molar-refractivity contribution is 5.96. The van der Waals surface area contributed by atoms with E-state index in [1.165, 1.54) is 12.1 Å². The van der Waals surface area contributed by atoms with Gasteiger partial charge in [0.1, 0.15) is 0 Å². The molecule has 2 rings (SSSR count). The number of non-ortho nitro benzene ring substituents is 1. The summed E-state index contributed by atoms with van der Waals surface area (Å²) in [5.41, 5.74) is 7.01. The molecule has 0 saturated heterocycles. The Bertz CT molecular complexity index is 459. The average Bonchev–Trinajstić information content (AvgIpc) is 2.39. The van der Waals surface area contributed by atoms with Gasteiger partial charge in [-0.1, -0.05) is 0 Å². The number of carbonyl (C=O) groups excluding carboxylic acids is 1. The lowest BCUT2D eigenvalue weighted by Crippen LogP contribution is -2.34. The van der Waals surface area contributed by atoms with Gasteiger partial charge < -0.3 is 11.1 Å². The minimum absolute atomic E-state index is 0.0310. The summed E-state index contributed by atoms with van der Waals surface area (Å²) in [5.74, 6) is -0.243. The molecule has 1 atom stereocenters. The summed E-state index contributed by atoms with van der Waals surface area (Å²) in [4.78, 5) is 21.6. The monoisotopic (exact) mass is 221 g/mol. The minimum Gasteiger partial charge on any atom is -0.324 e. The van der Waals surface area contributed by atoms with E-state index >= 15 is 0 Å². The molecular weight excluding hydrogens is 210 g/mol. The van der Waals surface area contributed by atoms with E-state index in [0.29, 0.717) is 18.5 Å². The average molecular weight is 221 g/mol. The van der Waals surface area contributed by atoms with Crippen molar-refractivity contribution in [1.29, 1.82) is 0 Å². The summed E-state index contributed by atoms with van der Waals surface area (Å²) in [5, 5.41) is 13.2. The molecule has 0 spiro atoms. The number of aryl methyl sites for hydroxylation is 1. The van der Waals surface area contributed by atoms with Gasteiger partial charge in [0.15, 0.2) is 0 Å². The fraction of sp³-hybridized carbons (Fsp3) is 0.300. The van der Waals surface area contributed by atoms with Gasteiger partial charge in [-0.2, -0.15) is 0 Å². The molecule has 0 saturated carbocycles. The SMILES string of the molecule is N[C@@H]1CCc2cc([N+](=O)[O-])ccc2NC1=O. The third-order valence-electron chi connectivity index (χ3n) is 2.62. The lowest BCUT2D eigenvalue weighted by molar-refractivity contribution is -0.384. The van der Waals surface area contributed by atoms with Crippen LogP contribution in [0.25, 0.3) is 0 Å². The smallest absolute Gasteiger partial charge is 0.269 e. The summed E-state index contributed by atoms with van der Waals surface area (Å²) in [6.45, 7) is 0. The first-order valence-corrected chi connectivity index (χ1v) is 4.91. The molecule has 3 N–H and O–H groups in total. The van der Waals surface area contributed by atoms with Crippen LogP contribution in [0.15, 0.2) is 18.2 Å². The number of nitrogens with two attached hydrogens (primary N) is 1. The van der Waals surface area contributed by atoms with Crippen LogP contribution in [0.3, 0.4) is 0 Å². The van der Waals surface area contributed by atoms with Crippen molar-refractivity contribution < 1.29 is 9.72 Å². The van der Waals surface area contributed by atoms with Gasteiger partial charge >= 0.3 is 0 Å². The molecular formula is C10H11N3O3. The lowest BCUT2D eigenvalue weighted by Gasteiger charge is -2.06. The van der Waals surface area contributed by atoms with Gasteiger partial charge in [-0.25, -0.2) is 0 Å². The maximum Gasteiger partial charge on any atom is 0.269 e. The Hall–Kier alpha value is -1.95. The van der Waals surface area contributed by atoms with Gasteiger partial charge in [-0.3, -0.25) is 14.9 Å². The third kappa shape index (κ3) is 1.87. The fourth-order valence-electron chi connectivity index (χ4n) is 1.69. The zero-order valence-corrected chi connectivity index (χ0v) is 8.47. The molecule has 1 aliphatic rings. The zero-order valence-electron chi connectivity index (χ0n) is 8.47. The Morgan fingerprint density at radius 1 is 1.50 bits per heavy atom. The maximum atomic E-state index is 11.4. The Balaban J connectivity index is 2.38. The van der Waals surface area contributed by atoms with Crippen LogP contribution in [0.4, 0.5) is 11.4 Å². The number of nitro benzene ring substituents is 1. The fourth-order valence-corrected chi connectivity index (χ4v) is 1.69. The van der Waals surface area contributed by atoms with Gasteiger partial charge in [-0.15, -0.1) is 0 Å². The number of anilines is 1. The van der Waals surface area contributed by atoms with E-state index in [-0.39, 0.29) is 11.6 Å². The number of fused-ring (bicyclic) bond motifs is 1. The topological polar surface area (TPSA) is 98.3 Å². The quantitative estimate of drug-likeness (QED) is 0.541. The van der Waals surface area contributed by atoms with E-state index < -0.39 is 11.0 Å². The second-order valence-corrected chi connectivity index (χ2v) is 3.73. The second kappa shape index (κ2) is 3.90. The molecule has 6 nitrogen and oxygen atoms in total. The summed E-state index contributed by atoms with van der Waals surface area (Å²) in [6, 6.07) is 3.85. The molecule has 0 radical (unpaired) electrons. The van der Waals surface area contributed by atoms with Gasteiger partial charge in [0, 0.05) is 17.8 Å². The van der Waals surface area contributed by atoms with Gasteiger partial charge in [-0.05, 0) is 24.5 Å². The Kier molecular flexibility index (Phi) is 2.57. The largest absolute Gasteiger partial charge is 0.324 e. The molecule has 1 amide bonds. The number of nitro groups is 1. The van der Waals surface area contributed by atoms with E-state index in [0.717, 1.165) is 5.56 Å². The van der Waals surface area contributed by atoms with Crippen LogP contribution in [0.5, 0.6) is 0 Å². The highest BCUT2D eigenvalue weighted by Gasteiger charge is 2.21. The first kappa shape index (κ1) is 10.6. The van der Waals surface area contributed by atoms with E-state index in [1.54, 1.807) is 6.07 Å². The standard InChI is InChI=1S/C10H11N3O3/c11-8-3-1-6-5-7(13(15)16)2-4-9(6)12-10(8)14/h2,4-5,8H,1,3,11H2,(H,12,14)/t8-/m1/s1.